The van der Waals surface area contributed by atoms with Crippen molar-refractivity contribution < 1.29 is 9.52 Å². The number of aryl methyl sites for hydroxylation is 1. The Morgan fingerprint density at radius 3 is 2.44 bits per heavy atom. The second kappa shape index (κ2) is 4.50. The summed E-state index contributed by atoms with van der Waals surface area (Å²) in [6.07, 6.45) is -0.816. The van der Waals surface area contributed by atoms with Crippen molar-refractivity contribution in [2.75, 3.05) is 0 Å². The Morgan fingerprint density at radius 2 is 1.88 bits per heavy atom. The van der Waals surface area contributed by atoms with Crippen molar-refractivity contribution in [1.82, 2.24) is 0 Å². The molecule has 0 unspecified atom stereocenters. The zero-order valence-electron chi connectivity index (χ0n) is 8.58. The van der Waals surface area contributed by atoms with E-state index in [0.717, 1.165) is 5.76 Å². The lowest BCUT2D eigenvalue weighted by molar-refractivity contribution is 0.187. The van der Waals surface area contributed by atoms with E-state index in [1.807, 2.05) is 6.92 Å². The van der Waals surface area contributed by atoms with E-state index in [0.29, 0.717) is 21.4 Å². The summed E-state index contributed by atoms with van der Waals surface area (Å²) in [5, 5.41) is 10.9. The molecule has 1 heterocycles. The Morgan fingerprint density at radius 1 is 1.12 bits per heavy atom. The molecule has 0 bridgehead atoms. The standard InChI is InChI=1S/C12H10Cl2O2/c1-7-2-5-11(16-7)12(15)8-3-4-9(13)10(14)6-8/h2-6,12,15H,1H3/t12-/m0/s1. The van der Waals surface area contributed by atoms with Crippen molar-refractivity contribution in [2.45, 2.75) is 13.0 Å². The van der Waals surface area contributed by atoms with E-state index in [4.69, 9.17) is 27.6 Å². The second-order valence-corrected chi connectivity index (χ2v) is 4.34. The van der Waals surface area contributed by atoms with Gasteiger partial charge in [-0.2, -0.15) is 0 Å². The Bertz CT molecular complexity index is 505. The van der Waals surface area contributed by atoms with Crippen LogP contribution in [-0.2, 0) is 0 Å². The van der Waals surface area contributed by atoms with Gasteiger partial charge in [0.25, 0.3) is 0 Å². The van der Waals surface area contributed by atoms with Gasteiger partial charge in [-0.15, -0.1) is 0 Å². The normalized spacial score (nSPS) is 12.8. The molecule has 1 aromatic carbocycles. The molecule has 2 rings (SSSR count). The molecule has 4 heteroatoms. The summed E-state index contributed by atoms with van der Waals surface area (Å²) >= 11 is 11.7. The van der Waals surface area contributed by atoms with Crippen LogP contribution >= 0.6 is 23.2 Å². The van der Waals surface area contributed by atoms with E-state index in [1.54, 1.807) is 30.3 Å². The van der Waals surface area contributed by atoms with Gasteiger partial charge in [0.15, 0.2) is 0 Å². The highest BCUT2D eigenvalue weighted by atomic mass is 35.5. The number of hydrogen-bond donors (Lipinski definition) is 1. The third kappa shape index (κ3) is 2.24. The average molecular weight is 257 g/mol. The summed E-state index contributed by atoms with van der Waals surface area (Å²) < 4.78 is 5.34. The third-order valence-corrected chi connectivity index (χ3v) is 3.03. The smallest absolute Gasteiger partial charge is 0.137 e. The maximum absolute atomic E-state index is 10.0. The van der Waals surface area contributed by atoms with Gasteiger partial charge in [-0.3, -0.25) is 0 Å². The van der Waals surface area contributed by atoms with Crippen molar-refractivity contribution in [1.29, 1.82) is 0 Å². The van der Waals surface area contributed by atoms with Crippen LogP contribution in [0.1, 0.15) is 23.2 Å². The first-order chi connectivity index (χ1) is 7.58. The molecule has 0 amide bonds. The predicted molar refractivity (Wildman–Crippen MR) is 64.0 cm³/mol. The number of aliphatic hydroxyl groups is 1. The summed E-state index contributed by atoms with van der Waals surface area (Å²) in [5.74, 6) is 1.25. The van der Waals surface area contributed by atoms with Gasteiger partial charge in [0.2, 0.25) is 0 Å². The van der Waals surface area contributed by atoms with E-state index < -0.39 is 6.10 Å². The molecule has 0 radical (unpaired) electrons. The molecule has 16 heavy (non-hydrogen) atoms. The molecule has 0 aliphatic heterocycles. The Hall–Kier alpha value is -0.960. The minimum Gasteiger partial charge on any atom is -0.463 e. The van der Waals surface area contributed by atoms with Crippen LogP contribution in [0.15, 0.2) is 34.7 Å². The Balaban J connectivity index is 2.33. The van der Waals surface area contributed by atoms with E-state index in [1.165, 1.54) is 0 Å². The van der Waals surface area contributed by atoms with E-state index in [-0.39, 0.29) is 0 Å². The molecular weight excluding hydrogens is 247 g/mol. The molecule has 2 nitrogen and oxygen atoms in total. The van der Waals surface area contributed by atoms with Gasteiger partial charge in [0.1, 0.15) is 17.6 Å². The zero-order valence-corrected chi connectivity index (χ0v) is 10.1. The highest BCUT2D eigenvalue weighted by molar-refractivity contribution is 6.42. The summed E-state index contributed by atoms with van der Waals surface area (Å²) in [6.45, 7) is 1.82. The Labute approximate surface area is 103 Å². The number of hydrogen-bond acceptors (Lipinski definition) is 2. The molecule has 0 spiro atoms. The third-order valence-electron chi connectivity index (χ3n) is 2.29. The Kier molecular flexibility index (Phi) is 3.24. The van der Waals surface area contributed by atoms with Gasteiger partial charge in [-0.1, -0.05) is 29.3 Å². The number of aliphatic hydroxyl groups excluding tert-OH is 1. The maximum Gasteiger partial charge on any atom is 0.137 e. The lowest BCUT2D eigenvalue weighted by atomic mass is 10.1. The molecule has 0 fully saturated rings. The highest BCUT2D eigenvalue weighted by Gasteiger charge is 2.15. The molecule has 84 valence electrons. The molecule has 0 aliphatic carbocycles. The number of rotatable bonds is 2. The summed E-state index contributed by atoms with van der Waals surface area (Å²) in [4.78, 5) is 0. The first kappa shape index (κ1) is 11.5. The summed E-state index contributed by atoms with van der Waals surface area (Å²) in [5.41, 5.74) is 0.656. The molecule has 0 saturated heterocycles. The monoisotopic (exact) mass is 256 g/mol. The molecule has 0 aliphatic rings. The van der Waals surface area contributed by atoms with Crippen molar-refractivity contribution >= 4 is 23.2 Å². The van der Waals surface area contributed by atoms with Crippen molar-refractivity contribution in [3.63, 3.8) is 0 Å². The van der Waals surface area contributed by atoms with Gasteiger partial charge >= 0.3 is 0 Å². The maximum atomic E-state index is 10.0. The van der Waals surface area contributed by atoms with Gasteiger partial charge in [-0.05, 0) is 36.8 Å². The molecule has 2 aromatic rings. The highest BCUT2D eigenvalue weighted by Crippen LogP contribution is 2.29. The molecule has 0 saturated carbocycles. The number of halogens is 2. The summed E-state index contributed by atoms with van der Waals surface area (Å²) in [6, 6.07) is 8.54. The van der Waals surface area contributed by atoms with Crippen LogP contribution in [0.25, 0.3) is 0 Å². The van der Waals surface area contributed by atoms with Crippen LogP contribution in [-0.4, -0.2) is 5.11 Å². The largest absolute Gasteiger partial charge is 0.463 e. The molecule has 1 N–H and O–H groups in total. The van der Waals surface area contributed by atoms with Gasteiger partial charge in [0, 0.05) is 0 Å². The fraction of sp³-hybridized carbons (Fsp3) is 0.167. The SMILES string of the molecule is Cc1ccc([C@@H](O)c2ccc(Cl)c(Cl)c2)o1. The molecular formula is C12H10Cl2O2. The lowest BCUT2D eigenvalue weighted by Gasteiger charge is -2.09. The lowest BCUT2D eigenvalue weighted by Crippen LogP contribution is -1.97. The van der Waals surface area contributed by atoms with Crippen molar-refractivity contribution in [3.8, 4) is 0 Å². The number of furan rings is 1. The van der Waals surface area contributed by atoms with Crippen LogP contribution in [0, 0.1) is 6.92 Å². The predicted octanol–water partition coefficient (Wildman–Crippen LogP) is 3.98. The van der Waals surface area contributed by atoms with Gasteiger partial charge in [-0.25, -0.2) is 0 Å². The quantitative estimate of drug-likeness (QED) is 0.882. The topological polar surface area (TPSA) is 33.4 Å². The zero-order chi connectivity index (χ0) is 11.7. The minimum atomic E-state index is -0.816. The number of benzene rings is 1. The van der Waals surface area contributed by atoms with E-state index in [2.05, 4.69) is 0 Å². The minimum absolute atomic E-state index is 0.418. The van der Waals surface area contributed by atoms with E-state index >= 15 is 0 Å². The first-order valence-electron chi connectivity index (χ1n) is 4.77. The fourth-order valence-corrected chi connectivity index (χ4v) is 1.75. The second-order valence-electron chi connectivity index (χ2n) is 3.52. The van der Waals surface area contributed by atoms with Crippen LogP contribution in [0.5, 0.6) is 0 Å². The van der Waals surface area contributed by atoms with Crippen LogP contribution < -0.4 is 0 Å². The van der Waals surface area contributed by atoms with Crippen LogP contribution in [0.2, 0.25) is 10.0 Å². The van der Waals surface area contributed by atoms with Crippen LogP contribution in [0.3, 0.4) is 0 Å². The van der Waals surface area contributed by atoms with Gasteiger partial charge in [0.05, 0.1) is 10.0 Å². The van der Waals surface area contributed by atoms with E-state index in [9.17, 15) is 5.11 Å². The van der Waals surface area contributed by atoms with Gasteiger partial charge < -0.3 is 9.52 Å². The first-order valence-corrected chi connectivity index (χ1v) is 5.53. The van der Waals surface area contributed by atoms with Crippen LogP contribution in [0.4, 0.5) is 0 Å². The fourth-order valence-electron chi connectivity index (χ4n) is 1.45. The van der Waals surface area contributed by atoms with Crippen molar-refractivity contribution in [2.24, 2.45) is 0 Å². The average Bonchev–Trinajstić information content (AvgIpc) is 2.68. The van der Waals surface area contributed by atoms with Crippen molar-refractivity contribution in [3.05, 3.63) is 57.5 Å². The molecule has 1 aromatic heterocycles. The molecule has 1 atom stereocenters. The summed E-state index contributed by atoms with van der Waals surface area (Å²) in [7, 11) is 0.